The summed E-state index contributed by atoms with van der Waals surface area (Å²) in [6.07, 6.45) is 96.1. The Balaban J connectivity index is 4.10. The zero-order chi connectivity index (χ0) is 57.8. The molecule has 6 heteroatoms. The smallest absolute Gasteiger partial charge is 0.306 e. The molecule has 0 bridgehead atoms. The van der Waals surface area contributed by atoms with Gasteiger partial charge in [-0.15, -0.1) is 0 Å². The summed E-state index contributed by atoms with van der Waals surface area (Å²) in [5, 5.41) is 0. The predicted octanol–water partition coefficient (Wildman–Crippen LogP) is 22.7. The van der Waals surface area contributed by atoms with Gasteiger partial charge in [-0.1, -0.05) is 289 Å². The summed E-state index contributed by atoms with van der Waals surface area (Å²) in [6, 6.07) is 0. The van der Waals surface area contributed by atoms with Gasteiger partial charge in [0, 0.05) is 19.3 Å². The normalized spacial score (nSPS) is 13.1. The number of unbranched alkanes of at least 4 members (excludes halogenated alkanes) is 23. The van der Waals surface area contributed by atoms with Crippen LogP contribution in [-0.2, 0) is 28.6 Å². The molecule has 1 unspecified atom stereocenters. The maximum atomic E-state index is 12.8. The van der Waals surface area contributed by atoms with E-state index in [1.54, 1.807) is 0 Å². The maximum Gasteiger partial charge on any atom is 0.306 e. The van der Waals surface area contributed by atoms with Crippen molar-refractivity contribution in [3.05, 3.63) is 146 Å². The molecule has 1 atom stereocenters. The van der Waals surface area contributed by atoms with E-state index in [1.807, 2.05) is 0 Å². The third-order valence-electron chi connectivity index (χ3n) is 13.6. The van der Waals surface area contributed by atoms with E-state index in [-0.39, 0.29) is 31.1 Å². The minimum absolute atomic E-state index is 0.0852. The lowest BCUT2D eigenvalue weighted by atomic mass is 10.1. The largest absolute Gasteiger partial charge is 0.462 e. The van der Waals surface area contributed by atoms with Crippen LogP contribution in [0.1, 0.15) is 284 Å². The zero-order valence-corrected chi connectivity index (χ0v) is 51.8. The summed E-state index contributed by atoms with van der Waals surface area (Å²) in [6.45, 7) is 6.35. The molecule has 0 saturated carbocycles. The number of hydrogen-bond donors (Lipinski definition) is 0. The third kappa shape index (κ3) is 64.1. The second-order valence-corrected chi connectivity index (χ2v) is 21.3. The third-order valence-corrected chi connectivity index (χ3v) is 13.6. The lowest BCUT2D eigenvalue weighted by molar-refractivity contribution is -0.167. The molecule has 0 radical (unpaired) electrons. The van der Waals surface area contributed by atoms with E-state index in [4.69, 9.17) is 14.2 Å². The van der Waals surface area contributed by atoms with Crippen LogP contribution in [0.5, 0.6) is 0 Å². The van der Waals surface area contributed by atoms with E-state index in [0.29, 0.717) is 19.3 Å². The summed E-state index contributed by atoms with van der Waals surface area (Å²) in [7, 11) is 0. The molecule has 0 N–H and O–H groups in total. The van der Waals surface area contributed by atoms with Gasteiger partial charge >= 0.3 is 17.9 Å². The number of esters is 3. The van der Waals surface area contributed by atoms with Crippen LogP contribution in [0.4, 0.5) is 0 Å². The molecule has 0 fully saturated rings. The number of carbonyl (C=O) groups is 3. The van der Waals surface area contributed by atoms with Crippen molar-refractivity contribution in [1.29, 1.82) is 0 Å². The van der Waals surface area contributed by atoms with Gasteiger partial charge in [-0.2, -0.15) is 0 Å². The molecular weight excluding hydrogens is 985 g/mol. The van der Waals surface area contributed by atoms with Gasteiger partial charge in [0.1, 0.15) is 13.2 Å². The summed E-state index contributed by atoms with van der Waals surface area (Å²) >= 11 is 0. The van der Waals surface area contributed by atoms with Gasteiger partial charge in [-0.25, -0.2) is 0 Å². The fourth-order valence-corrected chi connectivity index (χ4v) is 8.74. The van der Waals surface area contributed by atoms with E-state index in [1.165, 1.54) is 96.3 Å². The van der Waals surface area contributed by atoms with Crippen molar-refractivity contribution in [2.75, 3.05) is 13.2 Å². The van der Waals surface area contributed by atoms with Gasteiger partial charge in [0.25, 0.3) is 0 Å². The predicted molar refractivity (Wildman–Crippen MR) is 348 cm³/mol. The summed E-state index contributed by atoms with van der Waals surface area (Å²) in [4.78, 5) is 38.0. The number of ether oxygens (including phenoxy) is 3. The van der Waals surface area contributed by atoms with Crippen LogP contribution in [0.15, 0.2) is 146 Å². The van der Waals surface area contributed by atoms with Crippen LogP contribution in [-0.4, -0.2) is 37.2 Å². The van der Waals surface area contributed by atoms with Gasteiger partial charge in [-0.3, -0.25) is 14.4 Å². The van der Waals surface area contributed by atoms with Crippen molar-refractivity contribution in [2.45, 2.75) is 290 Å². The van der Waals surface area contributed by atoms with Crippen molar-refractivity contribution < 1.29 is 28.6 Å². The summed E-state index contributed by atoms with van der Waals surface area (Å²) < 4.78 is 16.8. The number of rotatable bonds is 58. The second kappa shape index (κ2) is 66.8. The standard InChI is InChI=1S/C74H120O6/c1-4-7-10-13-16-18-20-22-24-26-28-30-31-32-33-34-35-36-37-38-39-40-41-42-43-45-46-48-50-52-54-56-58-61-64-67-73(76)79-70-71(69-78-72(75)66-63-60-15-12-9-6-3)80-74(77)68-65-62-59-57-55-53-51-49-47-44-29-27-25-23-21-19-17-14-11-8-5-2/h7-8,10-11,16-19,22-25,28-30,32-33,35-36,38-39,41-42,44,71H,4-6,9,12-15,20-21,26-27,31,34,37,40,43,45-70H2,1-3H3/b10-7-,11-8-,18-16-,19-17-,24-22-,25-23-,30-28-,33-32-,36-35-,39-38-,42-41-,44-29-. The van der Waals surface area contributed by atoms with Gasteiger partial charge < -0.3 is 14.2 Å². The Morgan fingerprint density at radius 3 is 0.762 bits per heavy atom. The monoisotopic (exact) mass is 1100 g/mol. The molecule has 0 heterocycles. The van der Waals surface area contributed by atoms with Gasteiger partial charge in [-0.05, 0) is 122 Å². The highest BCUT2D eigenvalue weighted by molar-refractivity contribution is 5.71. The first-order chi connectivity index (χ1) is 39.5. The molecule has 0 aliphatic carbocycles. The average Bonchev–Trinajstić information content (AvgIpc) is 3.46. The lowest BCUT2D eigenvalue weighted by Gasteiger charge is -2.18. The molecule has 0 rings (SSSR count). The Morgan fingerprint density at radius 2 is 0.487 bits per heavy atom. The zero-order valence-electron chi connectivity index (χ0n) is 51.8. The second-order valence-electron chi connectivity index (χ2n) is 21.3. The fourth-order valence-electron chi connectivity index (χ4n) is 8.74. The van der Waals surface area contributed by atoms with Gasteiger partial charge in [0.2, 0.25) is 0 Å². The van der Waals surface area contributed by atoms with E-state index in [9.17, 15) is 14.4 Å². The molecule has 0 aromatic rings. The molecule has 0 aromatic carbocycles. The highest BCUT2D eigenvalue weighted by Crippen LogP contribution is 2.15. The first-order valence-electron chi connectivity index (χ1n) is 32.8. The number of allylic oxidation sites excluding steroid dienone is 24. The van der Waals surface area contributed by atoms with E-state index in [0.717, 1.165) is 148 Å². The van der Waals surface area contributed by atoms with Crippen LogP contribution >= 0.6 is 0 Å². The van der Waals surface area contributed by atoms with Gasteiger partial charge in [0.05, 0.1) is 0 Å². The lowest BCUT2D eigenvalue weighted by Crippen LogP contribution is -2.30. The van der Waals surface area contributed by atoms with Crippen molar-refractivity contribution in [2.24, 2.45) is 0 Å². The quantitative estimate of drug-likeness (QED) is 0.0261. The van der Waals surface area contributed by atoms with Crippen molar-refractivity contribution in [3.63, 3.8) is 0 Å². The van der Waals surface area contributed by atoms with Crippen LogP contribution in [0, 0.1) is 0 Å². The minimum atomic E-state index is -0.786. The average molecular weight is 1110 g/mol. The molecule has 0 aliphatic rings. The van der Waals surface area contributed by atoms with Crippen molar-refractivity contribution in [1.82, 2.24) is 0 Å². The topological polar surface area (TPSA) is 78.9 Å². The molecule has 6 nitrogen and oxygen atoms in total. The molecule has 0 aliphatic heterocycles. The summed E-state index contributed by atoms with van der Waals surface area (Å²) in [5.41, 5.74) is 0. The van der Waals surface area contributed by atoms with Crippen LogP contribution in [0.3, 0.4) is 0 Å². The highest BCUT2D eigenvalue weighted by atomic mass is 16.6. The van der Waals surface area contributed by atoms with E-state index >= 15 is 0 Å². The minimum Gasteiger partial charge on any atom is -0.462 e. The summed E-state index contributed by atoms with van der Waals surface area (Å²) in [5.74, 6) is -0.907. The Bertz CT molecular complexity index is 1750. The Labute approximate surface area is 493 Å². The fraction of sp³-hybridized carbons (Fsp3) is 0.635. The SMILES string of the molecule is CC/C=C\C/C=C\C/C=C\C/C=C\C/C=C\C/C=C\C/C=C\C/C=C\CCCCCCCCCCCCC(=O)OCC(COC(=O)CCCCCCCC)OC(=O)CCCCCCCCCC/C=C\C/C=C\C/C=C\C/C=C\CC. The first-order valence-corrected chi connectivity index (χ1v) is 32.8. The molecule has 80 heavy (non-hydrogen) atoms. The van der Waals surface area contributed by atoms with Crippen LogP contribution in [0.2, 0.25) is 0 Å². The number of hydrogen-bond acceptors (Lipinski definition) is 6. The molecule has 452 valence electrons. The van der Waals surface area contributed by atoms with E-state index in [2.05, 4.69) is 167 Å². The molecule has 0 spiro atoms. The molecule has 0 aromatic heterocycles. The number of carbonyl (C=O) groups excluding carboxylic acids is 3. The Kier molecular flexibility index (Phi) is 62.9. The maximum absolute atomic E-state index is 12.8. The van der Waals surface area contributed by atoms with Crippen LogP contribution in [0.25, 0.3) is 0 Å². The molecule has 0 amide bonds. The van der Waals surface area contributed by atoms with Crippen molar-refractivity contribution >= 4 is 17.9 Å². The Hall–Kier alpha value is -4.71. The highest BCUT2D eigenvalue weighted by Gasteiger charge is 2.19. The Morgan fingerprint density at radius 1 is 0.263 bits per heavy atom. The molecule has 0 saturated heterocycles. The van der Waals surface area contributed by atoms with Gasteiger partial charge in [0.15, 0.2) is 6.10 Å². The molecular formula is C74H120O6. The van der Waals surface area contributed by atoms with Crippen molar-refractivity contribution in [3.8, 4) is 0 Å². The first kappa shape index (κ1) is 75.3. The van der Waals surface area contributed by atoms with E-state index < -0.39 is 6.10 Å². The van der Waals surface area contributed by atoms with Crippen LogP contribution < -0.4 is 0 Å².